The first-order valence-electron chi connectivity index (χ1n) is 7.22. The fraction of sp³-hybridized carbons (Fsp3) is 0.500. The Morgan fingerprint density at radius 2 is 2.35 bits per heavy atom. The van der Waals surface area contributed by atoms with Gasteiger partial charge >= 0.3 is 0 Å². The molecule has 0 amide bonds. The molecule has 0 aromatic heterocycles. The molecule has 2 nitrogen and oxygen atoms in total. The van der Waals surface area contributed by atoms with Crippen molar-refractivity contribution in [2.24, 2.45) is 0 Å². The van der Waals surface area contributed by atoms with E-state index in [1.807, 2.05) is 12.3 Å². The highest BCUT2D eigenvalue weighted by molar-refractivity contribution is 7.99. The molecule has 1 aliphatic rings. The lowest BCUT2D eigenvalue weighted by Gasteiger charge is -2.24. The first kappa shape index (κ1) is 15.4. The van der Waals surface area contributed by atoms with Crippen LogP contribution >= 0.6 is 11.8 Å². The van der Waals surface area contributed by atoms with E-state index in [0.29, 0.717) is 6.04 Å². The molecule has 1 aliphatic heterocycles. The van der Waals surface area contributed by atoms with Crippen LogP contribution in [0.25, 0.3) is 0 Å². The van der Waals surface area contributed by atoms with Crippen molar-refractivity contribution in [3.63, 3.8) is 0 Å². The molecular weight excluding hydrogens is 273 g/mol. The van der Waals surface area contributed by atoms with Gasteiger partial charge in [-0.1, -0.05) is 13.0 Å². The summed E-state index contributed by atoms with van der Waals surface area (Å²) in [7, 11) is 0. The number of halogens is 1. The Morgan fingerprint density at radius 1 is 1.45 bits per heavy atom. The largest absolute Gasteiger partial charge is 0.501 e. The van der Waals surface area contributed by atoms with Crippen molar-refractivity contribution in [1.82, 2.24) is 5.32 Å². The van der Waals surface area contributed by atoms with Crippen LogP contribution < -0.4 is 5.32 Å². The van der Waals surface area contributed by atoms with E-state index >= 15 is 0 Å². The van der Waals surface area contributed by atoms with E-state index in [1.165, 1.54) is 11.6 Å². The van der Waals surface area contributed by atoms with Gasteiger partial charge in [0, 0.05) is 16.7 Å². The van der Waals surface area contributed by atoms with Gasteiger partial charge < -0.3 is 10.1 Å². The number of ether oxygens (including phenoxy) is 1. The van der Waals surface area contributed by atoms with Gasteiger partial charge in [0.15, 0.2) is 0 Å². The van der Waals surface area contributed by atoms with Crippen molar-refractivity contribution in [2.45, 2.75) is 37.1 Å². The van der Waals surface area contributed by atoms with Crippen LogP contribution in [0.15, 0.2) is 41.0 Å². The van der Waals surface area contributed by atoms with Gasteiger partial charge in [-0.3, -0.25) is 0 Å². The van der Waals surface area contributed by atoms with Gasteiger partial charge in [0.25, 0.3) is 0 Å². The highest BCUT2D eigenvalue weighted by Gasteiger charge is 2.16. The monoisotopic (exact) mass is 295 g/mol. The first-order valence-corrected chi connectivity index (χ1v) is 8.20. The molecule has 110 valence electrons. The van der Waals surface area contributed by atoms with Gasteiger partial charge in [0.1, 0.15) is 5.82 Å². The third kappa shape index (κ3) is 4.84. The maximum absolute atomic E-state index is 13.2. The molecule has 1 heterocycles. The second-order valence-electron chi connectivity index (χ2n) is 4.94. The van der Waals surface area contributed by atoms with Crippen molar-refractivity contribution in [3.05, 3.63) is 41.9 Å². The average molecular weight is 295 g/mol. The molecule has 0 bridgehead atoms. The van der Waals surface area contributed by atoms with Crippen LogP contribution in [0.2, 0.25) is 0 Å². The highest BCUT2D eigenvalue weighted by atomic mass is 32.2. The van der Waals surface area contributed by atoms with Crippen LogP contribution in [0.5, 0.6) is 0 Å². The quantitative estimate of drug-likeness (QED) is 0.769. The second kappa shape index (κ2) is 8.32. The number of thioether (sulfide) groups is 1. The van der Waals surface area contributed by atoms with Gasteiger partial charge in [-0.15, -0.1) is 11.8 Å². The lowest BCUT2D eigenvalue weighted by Crippen LogP contribution is -2.34. The fourth-order valence-corrected chi connectivity index (χ4v) is 3.25. The molecule has 1 aromatic carbocycles. The van der Waals surface area contributed by atoms with Crippen LogP contribution in [0, 0.1) is 5.82 Å². The molecule has 2 rings (SSSR count). The summed E-state index contributed by atoms with van der Waals surface area (Å²) in [5.41, 5.74) is 1.33. The molecule has 0 radical (unpaired) electrons. The van der Waals surface area contributed by atoms with Crippen LogP contribution in [0.3, 0.4) is 0 Å². The lowest BCUT2D eigenvalue weighted by molar-refractivity contribution is 0.220. The van der Waals surface area contributed by atoms with E-state index in [4.69, 9.17) is 4.74 Å². The minimum Gasteiger partial charge on any atom is -0.501 e. The maximum atomic E-state index is 13.2. The predicted molar refractivity (Wildman–Crippen MR) is 82.5 cm³/mol. The smallest absolute Gasteiger partial charge is 0.124 e. The van der Waals surface area contributed by atoms with E-state index in [0.717, 1.165) is 43.1 Å². The molecule has 1 unspecified atom stereocenters. The predicted octanol–water partition coefficient (Wildman–Crippen LogP) is 3.98. The van der Waals surface area contributed by atoms with Crippen LogP contribution in [-0.2, 0) is 4.74 Å². The average Bonchev–Trinajstić information content (AvgIpc) is 2.48. The zero-order valence-corrected chi connectivity index (χ0v) is 12.7. The van der Waals surface area contributed by atoms with Crippen LogP contribution in [0.4, 0.5) is 4.39 Å². The Labute approximate surface area is 124 Å². The topological polar surface area (TPSA) is 21.3 Å². The Morgan fingerprint density at radius 3 is 3.05 bits per heavy atom. The number of hydrogen-bond acceptors (Lipinski definition) is 3. The van der Waals surface area contributed by atoms with Gasteiger partial charge in [-0.05, 0) is 49.6 Å². The summed E-state index contributed by atoms with van der Waals surface area (Å²) in [4.78, 5) is 0.977. The lowest BCUT2D eigenvalue weighted by atomic mass is 10.0. The molecule has 4 heteroatoms. The Kier molecular flexibility index (Phi) is 6.40. The molecule has 0 saturated carbocycles. The molecule has 1 N–H and O–H groups in total. The minimum atomic E-state index is -0.173. The Balaban J connectivity index is 1.94. The van der Waals surface area contributed by atoms with E-state index < -0.39 is 0 Å². The number of benzene rings is 1. The first-order chi connectivity index (χ1) is 9.79. The van der Waals surface area contributed by atoms with Crippen LogP contribution in [-0.4, -0.2) is 24.9 Å². The summed E-state index contributed by atoms with van der Waals surface area (Å²) in [6.07, 6.45) is 5.18. The third-order valence-corrected chi connectivity index (χ3v) is 4.35. The summed E-state index contributed by atoms with van der Waals surface area (Å²) in [5.74, 6) is 0.729. The molecule has 0 spiro atoms. The van der Waals surface area contributed by atoms with Crippen molar-refractivity contribution in [2.75, 3.05) is 18.9 Å². The van der Waals surface area contributed by atoms with Gasteiger partial charge in [-0.25, -0.2) is 4.39 Å². The van der Waals surface area contributed by atoms with E-state index in [2.05, 4.69) is 12.2 Å². The summed E-state index contributed by atoms with van der Waals surface area (Å²) in [5, 5.41) is 3.56. The zero-order valence-electron chi connectivity index (χ0n) is 11.9. The minimum absolute atomic E-state index is 0.173. The van der Waals surface area contributed by atoms with E-state index in [1.54, 1.807) is 23.9 Å². The molecule has 0 aliphatic carbocycles. The van der Waals surface area contributed by atoms with Gasteiger partial charge in [-0.2, -0.15) is 0 Å². The maximum Gasteiger partial charge on any atom is 0.124 e. The molecule has 0 fully saturated rings. The molecule has 0 saturated heterocycles. The van der Waals surface area contributed by atoms with Gasteiger partial charge in [0.05, 0.1) is 12.9 Å². The SMILES string of the molecule is CCCNC(CSc1cccc(F)c1)C1=COCCC1. The highest BCUT2D eigenvalue weighted by Crippen LogP contribution is 2.24. The van der Waals surface area contributed by atoms with Crippen LogP contribution in [0.1, 0.15) is 26.2 Å². The fourth-order valence-electron chi connectivity index (χ4n) is 2.19. The molecule has 1 atom stereocenters. The van der Waals surface area contributed by atoms with E-state index in [9.17, 15) is 4.39 Å². The normalized spacial score (nSPS) is 16.4. The second-order valence-corrected chi connectivity index (χ2v) is 6.04. The zero-order chi connectivity index (χ0) is 14.2. The summed E-state index contributed by atoms with van der Waals surface area (Å²) >= 11 is 1.69. The van der Waals surface area contributed by atoms with E-state index in [-0.39, 0.29) is 5.82 Å². The summed E-state index contributed by atoms with van der Waals surface area (Å²) in [6, 6.07) is 7.09. The Hall–Kier alpha value is -1.00. The number of hydrogen-bond donors (Lipinski definition) is 1. The third-order valence-electron chi connectivity index (χ3n) is 3.26. The Bertz CT molecular complexity index is 450. The summed E-state index contributed by atoms with van der Waals surface area (Å²) < 4.78 is 18.6. The summed E-state index contributed by atoms with van der Waals surface area (Å²) in [6.45, 7) is 3.97. The molecule has 1 aromatic rings. The van der Waals surface area contributed by atoms with Crippen molar-refractivity contribution in [1.29, 1.82) is 0 Å². The standard InChI is InChI=1S/C16H22FNOS/c1-2-8-18-16(13-5-4-9-19-11-13)12-20-15-7-3-6-14(17)10-15/h3,6-7,10-11,16,18H,2,4-5,8-9,12H2,1H3. The molecule has 20 heavy (non-hydrogen) atoms. The van der Waals surface area contributed by atoms with Gasteiger partial charge in [0.2, 0.25) is 0 Å². The van der Waals surface area contributed by atoms with Crippen molar-refractivity contribution in [3.8, 4) is 0 Å². The molecular formula is C16H22FNOS. The number of nitrogens with one attached hydrogen (secondary N) is 1. The van der Waals surface area contributed by atoms with Crippen molar-refractivity contribution >= 4 is 11.8 Å². The van der Waals surface area contributed by atoms with Crippen molar-refractivity contribution < 1.29 is 9.13 Å². The number of rotatable bonds is 7.